The molecule has 23 heavy (non-hydrogen) atoms. The van der Waals surface area contributed by atoms with E-state index in [-0.39, 0.29) is 5.88 Å². The number of aryl methyl sites for hydroxylation is 1. The number of hydrogen-bond donors (Lipinski definition) is 2. The van der Waals surface area contributed by atoms with E-state index >= 15 is 0 Å². The number of nitrogens with one attached hydrogen (secondary N) is 1. The van der Waals surface area contributed by atoms with Crippen molar-refractivity contribution < 1.29 is 14.6 Å². The van der Waals surface area contributed by atoms with Crippen molar-refractivity contribution >= 4 is 22.3 Å². The predicted octanol–water partition coefficient (Wildman–Crippen LogP) is 4.61. The van der Waals surface area contributed by atoms with Crippen LogP contribution >= 0.6 is 0 Å². The van der Waals surface area contributed by atoms with Crippen LogP contribution in [0.25, 0.3) is 10.9 Å². The largest absolute Gasteiger partial charge is 0.493 e. The Labute approximate surface area is 133 Å². The van der Waals surface area contributed by atoms with Crippen LogP contribution in [0.3, 0.4) is 0 Å². The Hall–Kier alpha value is -3.02. The van der Waals surface area contributed by atoms with Gasteiger partial charge in [-0.3, -0.25) is 0 Å². The minimum absolute atomic E-state index is 0.0493. The molecule has 0 saturated heterocycles. The summed E-state index contributed by atoms with van der Waals surface area (Å²) in [6, 6.07) is 11.2. The molecule has 0 aliphatic carbocycles. The summed E-state index contributed by atoms with van der Waals surface area (Å²) < 4.78 is 10.5. The maximum Gasteiger partial charge on any atom is 0.218 e. The van der Waals surface area contributed by atoms with E-state index in [1.54, 1.807) is 26.4 Å². The van der Waals surface area contributed by atoms with Crippen LogP contribution in [0, 0.1) is 6.92 Å². The number of rotatable bonds is 4. The Bertz CT molecular complexity index is 884. The van der Waals surface area contributed by atoms with Crippen LogP contribution in [0.15, 0.2) is 46.6 Å². The number of hydrogen-bond acceptors (Lipinski definition) is 5. The molecular weight excluding hydrogens is 294 g/mol. The fourth-order valence-corrected chi connectivity index (χ4v) is 2.39. The van der Waals surface area contributed by atoms with Crippen molar-refractivity contribution in [3.05, 3.63) is 42.0 Å². The number of H-pyrrole nitrogens is 1. The molecule has 2 aromatic carbocycles. The Morgan fingerprint density at radius 1 is 1.00 bits per heavy atom. The molecule has 0 saturated carbocycles. The fraction of sp³-hybridized carbons (Fsp3) is 0.176. The van der Waals surface area contributed by atoms with Gasteiger partial charge in [-0.15, -0.1) is 5.11 Å². The maximum atomic E-state index is 10.1. The minimum Gasteiger partial charge on any atom is -0.493 e. The van der Waals surface area contributed by atoms with Gasteiger partial charge in [0.1, 0.15) is 0 Å². The quantitative estimate of drug-likeness (QED) is 0.690. The van der Waals surface area contributed by atoms with Crippen LogP contribution in [0.4, 0.5) is 11.4 Å². The average molecular weight is 311 g/mol. The van der Waals surface area contributed by atoms with Crippen molar-refractivity contribution in [1.82, 2.24) is 4.98 Å². The first kappa shape index (κ1) is 14.9. The summed E-state index contributed by atoms with van der Waals surface area (Å²) in [7, 11) is 3.12. The lowest BCUT2D eigenvalue weighted by atomic mass is 10.2. The summed E-state index contributed by atoms with van der Waals surface area (Å²) >= 11 is 0. The molecule has 0 atom stereocenters. The van der Waals surface area contributed by atoms with Crippen LogP contribution in [0.1, 0.15) is 5.56 Å². The lowest BCUT2D eigenvalue weighted by Gasteiger charge is -2.06. The topological polar surface area (TPSA) is 79.2 Å². The first-order valence-corrected chi connectivity index (χ1v) is 7.07. The van der Waals surface area contributed by atoms with Crippen molar-refractivity contribution in [2.75, 3.05) is 14.2 Å². The third kappa shape index (κ3) is 2.83. The summed E-state index contributed by atoms with van der Waals surface area (Å²) in [5, 5.41) is 19.2. The zero-order valence-corrected chi connectivity index (χ0v) is 13.1. The molecule has 2 N–H and O–H groups in total. The monoisotopic (exact) mass is 311 g/mol. The third-order valence-electron chi connectivity index (χ3n) is 3.52. The number of benzene rings is 2. The van der Waals surface area contributed by atoms with Gasteiger partial charge in [-0.2, -0.15) is 5.11 Å². The van der Waals surface area contributed by atoms with Crippen LogP contribution in [-0.4, -0.2) is 24.3 Å². The molecule has 0 fully saturated rings. The second kappa shape index (κ2) is 6.00. The lowest BCUT2D eigenvalue weighted by molar-refractivity contribution is 0.356. The van der Waals surface area contributed by atoms with E-state index in [2.05, 4.69) is 15.2 Å². The van der Waals surface area contributed by atoms with Crippen molar-refractivity contribution in [2.24, 2.45) is 10.2 Å². The number of methoxy groups -OCH3 is 2. The highest BCUT2D eigenvalue weighted by atomic mass is 16.5. The molecule has 0 radical (unpaired) electrons. The van der Waals surface area contributed by atoms with Gasteiger partial charge < -0.3 is 19.6 Å². The second-order valence-corrected chi connectivity index (χ2v) is 5.11. The predicted molar refractivity (Wildman–Crippen MR) is 88.4 cm³/mol. The van der Waals surface area contributed by atoms with E-state index in [0.29, 0.717) is 28.1 Å². The van der Waals surface area contributed by atoms with Crippen molar-refractivity contribution in [3.63, 3.8) is 0 Å². The lowest BCUT2D eigenvalue weighted by Crippen LogP contribution is -1.89. The highest BCUT2D eigenvalue weighted by Gasteiger charge is 2.15. The Morgan fingerprint density at radius 2 is 1.74 bits per heavy atom. The minimum atomic E-state index is -0.0493. The van der Waals surface area contributed by atoms with Gasteiger partial charge in [-0.05, 0) is 30.7 Å². The van der Waals surface area contributed by atoms with Gasteiger partial charge in [0.25, 0.3) is 0 Å². The smallest absolute Gasteiger partial charge is 0.218 e. The van der Waals surface area contributed by atoms with Crippen molar-refractivity contribution in [2.45, 2.75) is 6.92 Å². The van der Waals surface area contributed by atoms with E-state index < -0.39 is 0 Å². The first-order valence-electron chi connectivity index (χ1n) is 7.07. The SMILES string of the molecule is COc1cc2[nH]c(O)c(N=Nc3cccc(C)c3)c2cc1OC. The van der Waals surface area contributed by atoms with Crippen LogP contribution in [-0.2, 0) is 0 Å². The molecule has 0 aliphatic rings. The third-order valence-corrected chi connectivity index (χ3v) is 3.52. The highest BCUT2D eigenvalue weighted by Crippen LogP contribution is 2.41. The van der Waals surface area contributed by atoms with Gasteiger partial charge in [-0.25, -0.2) is 0 Å². The Balaban J connectivity index is 2.08. The standard InChI is InChI=1S/C17H17N3O3/c1-10-5-4-6-11(7-10)19-20-16-12-8-14(22-2)15(23-3)9-13(12)18-17(16)21/h4-9,18,21H,1-3H3. The van der Waals surface area contributed by atoms with Gasteiger partial charge >= 0.3 is 0 Å². The van der Waals surface area contributed by atoms with Gasteiger partial charge in [-0.1, -0.05) is 12.1 Å². The summed E-state index contributed by atoms with van der Waals surface area (Å²) in [5.41, 5.74) is 2.87. The second-order valence-electron chi connectivity index (χ2n) is 5.11. The molecule has 118 valence electrons. The number of nitrogens with zero attached hydrogens (tertiary/aromatic N) is 2. The molecule has 0 amide bonds. The van der Waals surface area contributed by atoms with E-state index in [0.717, 1.165) is 11.3 Å². The van der Waals surface area contributed by atoms with Gasteiger partial charge in [0, 0.05) is 11.5 Å². The number of azo groups is 1. The number of fused-ring (bicyclic) bond motifs is 1. The van der Waals surface area contributed by atoms with E-state index in [9.17, 15) is 5.11 Å². The summed E-state index contributed by atoms with van der Waals surface area (Å²) in [4.78, 5) is 2.87. The van der Waals surface area contributed by atoms with Gasteiger partial charge in [0.05, 0.1) is 25.4 Å². The highest BCUT2D eigenvalue weighted by molar-refractivity contribution is 5.96. The van der Waals surface area contributed by atoms with Gasteiger partial charge in [0.2, 0.25) is 5.88 Å². The number of aromatic amines is 1. The van der Waals surface area contributed by atoms with Crippen molar-refractivity contribution in [3.8, 4) is 17.4 Å². The molecule has 0 spiro atoms. The molecule has 0 bridgehead atoms. The molecule has 3 aromatic rings. The van der Waals surface area contributed by atoms with Gasteiger partial charge in [0.15, 0.2) is 17.2 Å². The average Bonchev–Trinajstić information content (AvgIpc) is 2.86. The van der Waals surface area contributed by atoms with E-state index in [4.69, 9.17) is 9.47 Å². The Kier molecular flexibility index (Phi) is 3.89. The molecule has 0 aliphatic heterocycles. The number of aromatic nitrogens is 1. The first-order chi connectivity index (χ1) is 11.1. The van der Waals surface area contributed by atoms with Crippen LogP contribution < -0.4 is 9.47 Å². The fourth-order valence-electron chi connectivity index (χ4n) is 2.39. The number of aromatic hydroxyl groups is 1. The molecule has 3 rings (SSSR count). The zero-order chi connectivity index (χ0) is 16.4. The molecule has 1 heterocycles. The normalized spacial score (nSPS) is 11.3. The van der Waals surface area contributed by atoms with E-state index in [1.165, 1.54) is 0 Å². The molecule has 1 aromatic heterocycles. The number of ether oxygens (including phenoxy) is 2. The zero-order valence-electron chi connectivity index (χ0n) is 13.1. The summed E-state index contributed by atoms with van der Waals surface area (Å²) in [5.74, 6) is 1.08. The Morgan fingerprint density at radius 3 is 2.43 bits per heavy atom. The summed E-state index contributed by atoms with van der Waals surface area (Å²) in [6.45, 7) is 1.99. The van der Waals surface area contributed by atoms with Crippen molar-refractivity contribution in [1.29, 1.82) is 0 Å². The molecular formula is C17H17N3O3. The van der Waals surface area contributed by atoms with Crippen LogP contribution in [0.2, 0.25) is 0 Å². The summed E-state index contributed by atoms with van der Waals surface area (Å²) in [6.07, 6.45) is 0. The van der Waals surface area contributed by atoms with Crippen LogP contribution in [0.5, 0.6) is 17.4 Å². The molecule has 6 nitrogen and oxygen atoms in total. The van der Waals surface area contributed by atoms with E-state index in [1.807, 2.05) is 31.2 Å². The molecule has 0 unspecified atom stereocenters. The maximum absolute atomic E-state index is 10.1. The molecule has 6 heteroatoms.